The van der Waals surface area contributed by atoms with Crippen LogP contribution in [0.4, 0.5) is 0 Å². The van der Waals surface area contributed by atoms with E-state index in [2.05, 4.69) is 10.1 Å². The Balaban J connectivity index is 1.56. The molecule has 0 amide bonds. The largest absolute Gasteiger partial charge is 0.486 e. The summed E-state index contributed by atoms with van der Waals surface area (Å²) >= 11 is 6.21. The van der Waals surface area contributed by atoms with E-state index in [1.165, 1.54) is 0 Å². The molecule has 1 aliphatic heterocycles. The smallest absolute Gasteiger partial charge is 0.250 e. The molecule has 2 aromatic rings. The monoisotopic (exact) mass is 333 g/mol. The molecule has 1 saturated carbocycles. The summed E-state index contributed by atoms with van der Waals surface area (Å²) in [5.41, 5.74) is 6.63. The summed E-state index contributed by atoms with van der Waals surface area (Å²) < 4.78 is 16.3. The van der Waals surface area contributed by atoms with E-state index in [0.717, 1.165) is 24.8 Å². The van der Waals surface area contributed by atoms with Crippen LogP contribution in [-0.4, -0.2) is 23.4 Å². The van der Waals surface area contributed by atoms with Crippen molar-refractivity contribution in [3.05, 3.63) is 34.4 Å². The average Bonchev–Trinajstić information content (AvgIpc) is 3.00. The zero-order valence-electron chi connectivity index (χ0n) is 12.4. The van der Waals surface area contributed by atoms with Gasteiger partial charge in [0.05, 0.1) is 10.6 Å². The van der Waals surface area contributed by atoms with E-state index in [4.69, 9.17) is 31.3 Å². The lowest BCUT2D eigenvalue weighted by Crippen LogP contribution is -2.44. The van der Waals surface area contributed by atoms with Gasteiger partial charge in [0, 0.05) is 6.08 Å². The first-order valence-corrected chi connectivity index (χ1v) is 7.92. The average molecular weight is 334 g/mol. The SMILES string of the molecule is NC1(c2noc(/C=C/c3cc(Cl)c4c(c3)OCCO4)n2)CCC1. The molecule has 0 saturated heterocycles. The Kier molecular flexibility index (Phi) is 3.50. The number of nitrogens with zero attached hydrogens (tertiary/aromatic N) is 2. The molecule has 4 rings (SSSR count). The fraction of sp³-hybridized carbons (Fsp3) is 0.375. The summed E-state index contributed by atoms with van der Waals surface area (Å²) in [6.45, 7) is 1.02. The lowest BCUT2D eigenvalue weighted by atomic mass is 9.77. The molecule has 1 aromatic heterocycles. The maximum absolute atomic E-state index is 6.21. The molecular formula is C16H16ClN3O3. The molecule has 0 bridgehead atoms. The molecule has 6 nitrogen and oxygen atoms in total. The second kappa shape index (κ2) is 5.54. The number of aromatic nitrogens is 2. The normalized spacial score (nSPS) is 18.9. The maximum atomic E-state index is 6.21. The van der Waals surface area contributed by atoms with E-state index in [1.54, 1.807) is 12.1 Å². The minimum atomic E-state index is -0.421. The van der Waals surface area contributed by atoms with Crippen LogP contribution in [-0.2, 0) is 5.54 Å². The molecule has 2 heterocycles. The van der Waals surface area contributed by atoms with Crippen molar-refractivity contribution in [3.8, 4) is 11.5 Å². The number of hydrogen-bond donors (Lipinski definition) is 1. The number of benzene rings is 1. The minimum Gasteiger partial charge on any atom is -0.486 e. The van der Waals surface area contributed by atoms with Crippen LogP contribution in [0, 0.1) is 0 Å². The van der Waals surface area contributed by atoms with Crippen molar-refractivity contribution < 1.29 is 14.0 Å². The third kappa shape index (κ3) is 2.68. The quantitative estimate of drug-likeness (QED) is 0.929. The number of nitrogens with two attached hydrogens (primary N) is 1. The highest BCUT2D eigenvalue weighted by Crippen LogP contribution is 2.39. The van der Waals surface area contributed by atoms with Crippen molar-refractivity contribution in [2.24, 2.45) is 5.73 Å². The second-order valence-corrected chi connectivity index (χ2v) is 6.23. The molecule has 2 N–H and O–H groups in total. The van der Waals surface area contributed by atoms with Gasteiger partial charge in [-0.3, -0.25) is 0 Å². The van der Waals surface area contributed by atoms with Crippen molar-refractivity contribution in [3.63, 3.8) is 0 Å². The highest BCUT2D eigenvalue weighted by Gasteiger charge is 2.38. The molecule has 0 atom stereocenters. The lowest BCUT2D eigenvalue weighted by Gasteiger charge is -2.34. The number of fused-ring (bicyclic) bond motifs is 1. The van der Waals surface area contributed by atoms with Crippen LogP contribution >= 0.6 is 11.6 Å². The third-order valence-corrected chi connectivity index (χ3v) is 4.45. The molecular weight excluding hydrogens is 318 g/mol. The molecule has 2 aliphatic rings. The minimum absolute atomic E-state index is 0.419. The number of rotatable bonds is 3. The Morgan fingerprint density at radius 3 is 2.78 bits per heavy atom. The van der Waals surface area contributed by atoms with Crippen LogP contribution < -0.4 is 15.2 Å². The predicted octanol–water partition coefficient (Wildman–Crippen LogP) is 3.00. The summed E-state index contributed by atoms with van der Waals surface area (Å²) in [6.07, 6.45) is 6.47. The Morgan fingerprint density at radius 1 is 1.17 bits per heavy atom. The van der Waals surface area contributed by atoms with E-state index in [1.807, 2.05) is 12.1 Å². The van der Waals surface area contributed by atoms with Crippen molar-refractivity contribution in [1.82, 2.24) is 10.1 Å². The van der Waals surface area contributed by atoms with Crippen molar-refractivity contribution in [2.75, 3.05) is 13.2 Å². The zero-order chi connectivity index (χ0) is 15.9. The zero-order valence-corrected chi connectivity index (χ0v) is 13.2. The molecule has 0 spiro atoms. The van der Waals surface area contributed by atoms with Gasteiger partial charge in [0.25, 0.3) is 5.89 Å². The van der Waals surface area contributed by atoms with Gasteiger partial charge in [-0.15, -0.1) is 0 Å². The van der Waals surface area contributed by atoms with Gasteiger partial charge >= 0.3 is 0 Å². The standard InChI is InChI=1S/C16H16ClN3O3/c17-11-8-10(9-12-14(11)22-7-6-21-12)2-3-13-19-15(20-23-13)16(18)4-1-5-16/h2-3,8-9H,1,4-7,18H2/b3-2+. The van der Waals surface area contributed by atoms with E-state index in [9.17, 15) is 0 Å². The lowest BCUT2D eigenvalue weighted by molar-refractivity contribution is 0.171. The van der Waals surface area contributed by atoms with Crippen LogP contribution in [0.1, 0.15) is 36.5 Å². The Morgan fingerprint density at radius 2 is 2.00 bits per heavy atom. The van der Waals surface area contributed by atoms with E-state index in [-0.39, 0.29) is 0 Å². The number of ether oxygens (including phenoxy) is 2. The first kappa shape index (κ1) is 14.5. The predicted molar refractivity (Wildman–Crippen MR) is 85.4 cm³/mol. The Bertz CT molecular complexity index is 768. The van der Waals surface area contributed by atoms with E-state index < -0.39 is 5.54 Å². The molecule has 0 unspecified atom stereocenters. The fourth-order valence-corrected chi connectivity index (χ4v) is 2.95. The molecule has 1 fully saturated rings. The van der Waals surface area contributed by atoms with Crippen LogP contribution in [0.25, 0.3) is 12.2 Å². The Labute approximate surface area is 138 Å². The summed E-state index contributed by atoms with van der Waals surface area (Å²) in [5, 5.41) is 4.49. The molecule has 1 aliphatic carbocycles. The number of hydrogen-bond acceptors (Lipinski definition) is 6. The van der Waals surface area contributed by atoms with Gasteiger partial charge in [-0.05, 0) is 43.0 Å². The molecule has 120 valence electrons. The third-order valence-electron chi connectivity index (χ3n) is 4.17. The van der Waals surface area contributed by atoms with Gasteiger partial charge in [0.15, 0.2) is 17.3 Å². The molecule has 1 aromatic carbocycles. The summed E-state index contributed by atoms with van der Waals surface area (Å²) in [7, 11) is 0. The van der Waals surface area contributed by atoms with Crippen LogP contribution in [0.15, 0.2) is 16.7 Å². The van der Waals surface area contributed by atoms with Gasteiger partial charge in [0.1, 0.15) is 13.2 Å². The van der Waals surface area contributed by atoms with Crippen molar-refractivity contribution in [1.29, 1.82) is 0 Å². The van der Waals surface area contributed by atoms with Crippen LogP contribution in [0.2, 0.25) is 5.02 Å². The maximum Gasteiger partial charge on any atom is 0.250 e. The second-order valence-electron chi connectivity index (χ2n) is 5.83. The van der Waals surface area contributed by atoms with Gasteiger partial charge in [-0.1, -0.05) is 16.8 Å². The first-order chi connectivity index (χ1) is 11.1. The number of halogens is 1. The van der Waals surface area contributed by atoms with Gasteiger partial charge in [-0.2, -0.15) is 4.98 Å². The van der Waals surface area contributed by atoms with Gasteiger partial charge < -0.3 is 19.7 Å². The van der Waals surface area contributed by atoms with Crippen LogP contribution in [0.5, 0.6) is 11.5 Å². The summed E-state index contributed by atoms with van der Waals surface area (Å²) in [6, 6.07) is 3.67. The van der Waals surface area contributed by atoms with Crippen molar-refractivity contribution >= 4 is 23.8 Å². The fourth-order valence-electron chi connectivity index (χ4n) is 2.68. The van der Waals surface area contributed by atoms with E-state index >= 15 is 0 Å². The molecule has 23 heavy (non-hydrogen) atoms. The summed E-state index contributed by atoms with van der Waals surface area (Å²) in [5.74, 6) is 2.22. The topological polar surface area (TPSA) is 83.4 Å². The Hall–Kier alpha value is -2.05. The molecule has 7 heteroatoms. The van der Waals surface area contributed by atoms with Gasteiger partial charge in [0.2, 0.25) is 0 Å². The highest BCUT2D eigenvalue weighted by atomic mass is 35.5. The van der Waals surface area contributed by atoms with E-state index in [0.29, 0.717) is 41.5 Å². The highest BCUT2D eigenvalue weighted by molar-refractivity contribution is 6.32. The summed E-state index contributed by atoms with van der Waals surface area (Å²) in [4.78, 5) is 4.35. The first-order valence-electron chi connectivity index (χ1n) is 7.54. The molecule has 0 radical (unpaired) electrons. The van der Waals surface area contributed by atoms with Crippen LogP contribution in [0.3, 0.4) is 0 Å². The van der Waals surface area contributed by atoms with Crippen molar-refractivity contribution in [2.45, 2.75) is 24.8 Å². The van der Waals surface area contributed by atoms with Gasteiger partial charge in [-0.25, -0.2) is 0 Å².